The topological polar surface area (TPSA) is 73.2 Å². The number of nitrogens with zero attached hydrogens (tertiary/aromatic N) is 2. The lowest BCUT2D eigenvalue weighted by Crippen LogP contribution is -2.30. The van der Waals surface area contributed by atoms with Gasteiger partial charge < -0.3 is 5.32 Å². The van der Waals surface area contributed by atoms with Crippen molar-refractivity contribution in [1.29, 1.82) is 5.26 Å². The molecule has 1 saturated heterocycles. The number of benzene rings is 3. The molecule has 34 heavy (non-hydrogen) atoms. The van der Waals surface area contributed by atoms with Crippen molar-refractivity contribution in [1.82, 2.24) is 0 Å². The molecule has 0 spiro atoms. The minimum Gasteiger partial charge on any atom is -0.321 e. The molecule has 1 fully saturated rings. The molecule has 1 aliphatic heterocycles. The normalized spacial score (nSPS) is 16.8. The van der Waals surface area contributed by atoms with Gasteiger partial charge in [0.2, 0.25) is 5.91 Å². The van der Waals surface area contributed by atoms with Gasteiger partial charge in [0.1, 0.15) is 22.5 Å². The molecule has 0 bridgehead atoms. The van der Waals surface area contributed by atoms with Crippen molar-refractivity contribution in [3.8, 4) is 6.07 Å². The highest BCUT2D eigenvalue weighted by Gasteiger charge is 2.40. The first-order valence-electron chi connectivity index (χ1n) is 10.4. The van der Waals surface area contributed by atoms with E-state index in [1.165, 1.54) is 40.9 Å². The molecule has 3 aromatic carbocycles. The zero-order chi connectivity index (χ0) is 24.2. The number of thioether (sulfide) groups is 1. The van der Waals surface area contributed by atoms with Gasteiger partial charge in [-0.25, -0.2) is 4.39 Å². The van der Waals surface area contributed by atoms with Gasteiger partial charge in [0.25, 0.3) is 5.91 Å². The third-order valence-corrected chi connectivity index (χ3v) is 7.03. The van der Waals surface area contributed by atoms with E-state index in [2.05, 4.69) is 21.2 Å². The van der Waals surface area contributed by atoms with Gasteiger partial charge in [-0.3, -0.25) is 14.5 Å². The molecule has 8 heteroatoms. The van der Waals surface area contributed by atoms with Gasteiger partial charge in [-0.15, -0.1) is 0 Å². The van der Waals surface area contributed by atoms with Crippen molar-refractivity contribution < 1.29 is 14.0 Å². The number of carbonyl (C=O) groups excluding carboxylic acids is 2. The Labute approximate surface area is 209 Å². The largest absolute Gasteiger partial charge is 0.321 e. The smallest absolute Gasteiger partial charge is 0.269 e. The highest BCUT2D eigenvalue weighted by Crippen LogP contribution is 2.42. The van der Waals surface area contributed by atoms with Crippen molar-refractivity contribution in [3.63, 3.8) is 0 Å². The molecule has 1 heterocycles. The van der Waals surface area contributed by atoms with Crippen molar-refractivity contribution in [2.24, 2.45) is 0 Å². The van der Waals surface area contributed by atoms with Crippen molar-refractivity contribution in [2.45, 2.75) is 18.6 Å². The Morgan fingerprint density at radius 3 is 2.35 bits per heavy atom. The van der Waals surface area contributed by atoms with Crippen LogP contribution in [0.5, 0.6) is 0 Å². The van der Waals surface area contributed by atoms with E-state index in [1.54, 1.807) is 24.3 Å². The summed E-state index contributed by atoms with van der Waals surface area (Å²) in [6.07, 6.45) is 0.429. The summed E-state index contributed by atoms with van der Waals surface area (Å²) < 4.78 is 14.4. The van der Waals surface area contributed by atoms with Gasteiger partial charge in [-0.1, -0.05) is 57.5 Å². The Morgan fingerprint density at radius 2 is 1.74 bits per heavy atom. The Kier molecular flexibility index (Phi) is 7.15. The highest BCUT2D eigenvalue weighted by atomic mass is 79.9. The second kappa shape index (κ2) is 10.2. The number of rotatable bonds is 5. The first kappa shape index (κ1) is 23.7. The Balaban J connectivity index is 1.71. The molecule has 1 atom stereocenters. The summed E-state index contributed by atoms with van der Waals surface area (Å²) >= 11 is 4.51. The fourth-order valence-corrected chi connectivity index (χ4v) is 5.05. The standard InChI is InChI=1S/C26H19BrFN3O2S/c1-16-2-4-17(5-3-16)14-23-25(33)31(21-12-8-19(28)9-13-21)26(34-23)22(15-29)24(32)30-20-10-6-18(27)7-11-20/h2-13,23H,14H2,1H3,(H,30,32). The van der Waals surface area contributed by atoms with Crippen LogP contribution < -0.4 is 10.2 Å². The summed E-state index contributed by atoms with van der Waals surface area (Å²) in [5.74, 6) is -1.34. The molecule has 1 unspecified atom stereocenters. The minimum absolute atomic E-state index is 0.183. The number of halogens is 2. The lowest BCUT2D eigenvalue weighted by molar-refractivity contribution is -0.117. The van der Waals surface area contributed by atoms with Gasteiger partial charge in [-0.2, -0.15) is 5.26 Å². The summed E-state index contributed by atoms with van der Waals surface area (Å²) in [4.78, 5) is 27.8. The maximum Gasteiger partial charge on any atom is 0.269 e. The van der Waals surface area contributed by atoms with Crippen LogP contribution in [0.4, 0.5) is 15.8 Å². The molecular weight excluding hydrogens is 517 g/mol. The monoisotopic (exact) mass is 535 g/mol. The number of nitriles is 1. The Bertz CT molecular complexity index is 1300. The van der Waals surface area contributed by atoms with E-state index in [1.807, 2.05) is 37.3 Å². The van der Waals surface area contributed by atoms with Crippen LogP contribution in [0.2, 0.25) is 0 Å². The SMILES string of the molecule is Cc1ccc(CC2SC(=C(C#N)C(=O)Nc3ccc(Br)cc3)N(c3ccc(F)cc3)C2=O)cc1. The average Bonchev–Trinajstić information content (AvgIpc) is 3.13. The summed E-state index contributed by atoms with van der Waals surface area (Å²) in [5.41, 5.74) is 2.80. The predicted molar refractivity (Wildman–Crippen MR) is 136 cm³/mol. The Morgan fingerprint density at radius 1 is 1.09 bits per heavy atom. The van der Waals surface area contributed by atoms with E-state index in [0.717, 1.165) is 15.6 Å². The van der Waals surface area contributed by atoms with Gasteiger partial charge in [0.15, 0.2) is 0 Å². The van der Waals surface area contributed by atoms with Gasteiger partial charge >= 0.3 is 0 Å². The first-order valence-corrected chi connectivity index (χ1v) is 12.1. The highest BCUT2D eigenvalue weighted by molar-refractivity contribution is 9.10. The van der Waals surface area contributed by atoms with Gasteiger partial charge in [-0.05, 0) is 67.4 Å². The lowest BCUT2D eigenvalue weighted by Gasteiger charge is -2.18. The van der Waals surface area contributed by atoms with Crippen LogP contribution in [-0.4, -0.2) is 17.1 Å². The predicted octanol–water partition coefficient (Wildman–Crippen LogP) is 5.96. The number of carbonyl (C=O) groups is 2. The molecule has 0 saturated carbocycles. The molecular formula is C26H19BrFN3O2S. The second-order valence-electron chi connectivity index (χ2n) is 7.70. The quantitative estimate of drug-likeness (QED) is 0.323. The number of amides is 2. The summed E-state index contributed by atoms with van der Waals surface area (Å²) in [5, 5.41) is 12.3. The second-order valence-corrected chi connectivity index (χ2v) is 9.81. The van der Waals surface area contributed by atoms with E-state index in [-0.39, 0.29) is 16.5 Å². The minimum atomic E-state index is -0.622. The molecule has 2 amide bonds. The molecule has 1 aliphatic rings. The molecule has 170 valence electrons. The maximum absolute atomic E-state index is 13.5. The van der Waals surface area contributed by atoms with Crippen LogP contribution in [0, 0.1) is 24.1 Å². The molecule has 0 aromatic heterocycles. The van der Waals surface area contributed by atoms with E-state index >= 15 is 0 Å². The van der Waals surface area contributed by atoms with Crippen LogP contribution in [0.15, 0.2) is 87.9 Å². The Hall–Kier alpha value is -3.41. The maximum atomic E-state index is 13.5. The van der Waals surface area contributed by atoms with Crippen molar-refractivity contribution >= 4 is 50.9 Å². The fourth-order valence-electron chi connectivity index (χ4n) is 3.48. The number of nitrogens with one attached hydrogen (secondary N) is 1. The summed E-state index contributed by atoms with van der Waals surface area (Å²) in [7, 11) is 0. The van der Waals surface area contributed by atoms with E-state index in [0.29, 0.717) is 17.8 Å². The summed E-state index contributed by atoms with van der Waals surface area (Å²) in [6.45, 7) is 1.99. The third-order valence-electron chi connectivity index (χ3n) is 5.23. The third kappa shape index (κ3) is 5.22. The van der Waals surface area contributed by atoms with Crippen molar-refractivity contribution in [3.05, 3.63) is 105 Å². The fraction of sp³-hybridized carbons (Fsp3) is 0.115. The molecule has 1 N–H and O–H groups in total. The van der Waals surface area contributed by atoms with E-state index in [9.17, 15) is 19.2 Å². The number of anilines is 2. The van der Waals surface area contributed by atoms with E-state index < -0.39 is 17.0 Å². The average molecular weight is 536 g/mol. The number of aryl methyl sites for hydroxylation is 1. The van der Waals surface area contributed by atoms with Crippen LogP contribution in [0.3, 0.4) is 0 Å². The molecule has 0 aliphatic carbocycles. The van der Waals surface area contributed by atoms with Crippen LogP contribution >= 0.6 is 27.7 Å². The van der Waals surface area contributed by atoms with Crippen LogP contribution in [-0.2, 0) is 16.0 Å². The van der Waals surface area contributed by atoms with E-state index in [4.69, 9.17) is 0 Å². The molecule has 3 aromatic rings. The first-order chi connectivity index (χ1) is 16.4. The lowest BCUT2D eigenvalue weighted by atomic mass is 10.1. The zero-order valence-electron chi connectivity index (χ0n) is 18.1. The zero-order valence-corrected chi connectivity index (χ0v) is 20.5. The molecule has 0 radical (unpaired) electrons. The van der Waals surface area contributed by atoms with Crippen molar-refractivity contribution in [2.75, 3.05) is 10.2 Å². The van der Waals surface area contributed by atoms with Gasteiger partial charge in [0.05, 0.1) is 5.25 Å². The molecule has 4 rings (SSSR count). The molecule has 5 nitrogen and oxygen atoms in total. The van der Waals surface area contributed by atoms with Crippen LogP contribution in [0.25, 0.3) is 0 Å². The van der Waals surface area contributed by atoms with Crippen LogP contribution in [0.1, 0.15) is 11.1 Å². The number of hydrogen-bond donors (Lipinski definition) is 1. The van der Waals surface area contributed by atoms with Gasteiger partial charge in [0, 0.05) is 15.8 Å². The summed E-state index contributed by atoms with van der Waals surface area (Å²) in [6, 6.07) is 22.2. The number of hydrogen-bond acceptors (Lipinski definition) is 4.